The monoisotopic (exact) mass is 421 g/mol. The molecule has 0 aromatic heterocycles. The lowest BCUT2D eigenvalue weighted by Crippen LogP contribution is -2.47. The van der Waals surface area contributed by atoms with Crippen LogP contribution in [0.5, 0.6) is 0 Å². The minimum Gasteiger partial charge on any atom is -0.389 e. The van der Waals surface area contributed by atoms with Crippen LogP contribution in [0, 0.1) is 5.41 Å². The Labute approximate surface area is 175 Å². The lowest BCUT2D eigenvalue weighted by atomic mass is 9.68. The molecule has 1 spiro atoms. The first kappa shape index (κ1) is 22.3. The number of rotatable bonds is 4. The Morgan fingerprint density at radius 2 is 1.59 bits per heavy atom. The fourth-order valence-corrected chi connectivity index (χ4v) is 5.92. The van der Waals surface area contributed by atoms with Crippen molar-refractivity contribution < 1.29 is 18.3 Å². The van der Waals surface area contributed by atoms with E-state index in [1.54, 1.807) is 13.8 Å². The first-order valence-corrected chi connectivity index (χ1v) is 12.4. The van der Waals surface area contributed by atoms with E-state index in [1.165, 1.54) is 5.56 Å². The number of nitrogens with zero attached hydrogens (tertiary/aromatic N) is 1. The summed E-state index contributed by atoms with van der Waals surface area (Å²) in [6.07, 6.45) is 2.59. The molecule has 1 N–H and O–H groups in total. The van der Waals surface area contributed by atoms with Crippen LogP contribution in [-0.4, -0.2) is 42.6 Å². The number of hydrogen-bond acceptors (Lipinski definition) is 4. The van der Waals surface area contributed by atoms with Crippen molar-refractivity contribution in [3.05, 3.63) is 29.8 Å². The molecule has 29 heavy (non-hydrogen) atoms. The number of hydrogen-bond donors (Lipinski definition) is 1. The molecular formula is C23H35NO4S. The van der Waals surface area contributed by atoms with Crippen molar-refractivity contribution in [2.24, 2.45) is 5.41 Å². The highest BCUT2D eigenvalue weighted by molar-refractivity contribution is 7.92. The van der Waals surface area contributed by atoms with Crippen LogP contribution in [0.2, 0.25) is 0 Å². The summed E-state index contributed by atoms with van der Waals surface area (Å²) in [7, 11) is -3.32. The summed E-state index contributed by atoms with van der Waals surface area (Å²) in [5, 5.41) is 10.4. The number of sulfone groups is 1. The predicted octanol–water partition coefficient (Wildman–Crippen LogP) is 3.84. The van der Waals surface area contributed by atoms with Gasteiger partial charge in [0.15, 0.2) is 9.84 Å². The zero-order chi connectivity index (χ0) is 21.7. The van der Waals surface area contributed by atoms with Gasteiger partial charge < -0.3 is 10.0 Å². The topological polar surface area (TPSA) is 74.7 Å². The molecule has 1 aliphatic carbocycles. The van der Waals surface area contributed by atoms with Crippen LogP contribution in [0.3, 0.4) is 0 Å². The summed E-state index contributed by atoms with van der Waals surface area (Å²) < 4.78 is 24.6. The lowest BCUT2D eigenvalue weighted by molar-refractivity contribution is -0.130. The van der Waals surface area contributed by atoms with E-state index in [9.17, 15) is 18.3 Å². The molecule has 3 rings (SSSR count). The zero-order valence-corrected chi connectivity index (χ0v) is 19.2. The van der Waals surface area contributed by atoms with Crippen LogP contribution >= 0.6 is 0 Å². The van der Waals surface area contributed by atoms with Crippen LogP contribution in [0.1, 0.15) is 72.3 Å². The zero-order valence-electron chi connectivity index (χ0n) is 18.4. The van der Waals surface area contributed by atoms with Gasteiger partial charge >= 0.3 is 0 Å². The first-order valence-electron chi connectivity index (χ1n) is 10.6. The molecule has 1 aromatic rings. The van der Waals surface area contributed by atoms with Crippen LogP contribution in [-0.2, 0) is 20.0 Å². The van der Waals surface area contributed by atoms with Gasteiger partial charge in [0.25, 0.3) is 0 Å². The van der Waals surface area contributed by atoms with E-state index in [2.05, 4.69) is 32.9 Å². The molecule has 5 nitrogen and oxygen atoms in total. The standard InChI is InChI=1S/C23H35NO4S/c1-17(2)29(27,28)16-23(26)12-10-22(11-13-23)14-15-24(20(22)25)19-8-6-18(7-9-19)21(3,4)5/h6-9,17,26H,10-16H2,1-5H3/t22-,23+. The van der Waals surface area contributed by atoms with Gasteiger partial charge in [-0.1, -0.05) is 32.9 Å². The van der Waals surface area contributed by atoms with Gasteiger partial charge in [-0.25, -0.2) is 8.42 Å². The average Bonchev–Trinajstić information content (AvgIpc) is 2.93. The van der Waals surface area contributed by atoms with Crippen LogP contribution < -0.4 is 4.90 Å². The summed E-state index contributed by atoms with van der Waals surface area (Å²) in [4.78, 5) is 15.2. The molecule has 2 fully saturated rings. The average molecular weight is 422 g/mol. The molecule has 1 saturated heterocycles. The molecule has 0 unspecified atom stereocenters. The number of anilines is 1. The van der Waals surface area contributed by atoms with Gasteiger partial charge in [-0.3, -0.25) is 4.79 Å². The molecule has 162 valence electrons. The maximum absolute atomic E-state index is 13.3. The molecule has 2 aliphatic rings. The van der Waals surface area contributed by atoms with Gasteiger partial charge in [-0.2, -0.15) is 0 Å². The second kappa shape index (κ2) is 7.38. The fraction of sp³-hybridized carbons (Fsp3) is 0.696. The summed E-state index contributed by atoms with van der Waals surface area (Å²) in [6, 6.07) is 8.21. The molecule has 0 atom stereocenters. The number of amides is 1. The van der Waals surface area contributed by atoms with Crippen molar-refractivity contribution in [3.63, 3.8) is 0 Å². The van der Waals surface area contributed by atoms with E-state index in [-0.39, 0.29) is 17.1 Å². The minimum atomic E-state index is -3.32. The number of aliphatic hydroxyl groups is 1. The summed E-state index contributed by atoms with van der Waals surface area (Å²) >= 11 is 0. The third kappa shape index (κ3) is 4.38. The van der Waals surface area contributed by atoms with E-state index in [0.29, 0.717) is 32.2 Å². The van der Waals surface area contributed by atoms with Crippen molar-refractivity contribution in [3.8, 4) is 0 Å². The van der Waals surface area contributed by atoms with Crippen LogP contribution in [0.4, 0.5) is 5.69 Å². The van der Waals surface area contributed by atoms with E-state index in [1.807, 2.05) is 17.0 Å². The Bertz CT molecular complexity index is 857. The number of carbonyl (C=O) groups is 1. The van der Waals surface area contributed by atoms with Crippen molar-refractivity contribution in [1.82, 2.24) is 0 Å². The highest BCUT2D eigenvalue weighted by Crippen LogP contribution is 2.49. The van der Waals surface area contributed by atoms with Crippen LogP contribution in [0.25, 0.3) is 0 Å². The maximum atomic E-state index is 13.3. The Balaban J connectivity index is 1.70. The number of carbonyl (C=O) groups excluding carboxylic acids is 1. The van der Waals surface area contributed by atoms with E-state index in [4.69, 9.17) is 0 Å². The van der Waals surface area contributed by atoms with E-state index >= 15 is 0 Å². The smallest absolute Gasteiger partial charge is 0.233 e. The molecule has 1 amide bonds. The van der Waals surface area contributed by atoms with Gasteiger partial charge in [-0.05, 0) is 69.1 Å². The van der Waals surface area contributed by atoms with Crippen molar-refractivity contribution >= 4 is 21.4 Å². The van der Waals surface area contributed by atoms with Gasteiger partial charge in [0, 0.05) is 12.2 Å². The largest absolute Gasteiger partial charge is 0.389 e. The second-order valence-electron chi connectivity index (χ2n) is 10.4. The highest BCUT2D eigenvalue weighted by Gasteiger charge is 2.52. The molecule has 1 aliphatic heterocycles. The fourth-order valence-electron chi connectivity index (χ4n) is 4.55. The van der Waals surface area contributed by atoms with Crippen molar-refractivity contribution in [2.45, 2.75) is 83.0 Å². The lowest BCUT2D eigenvalue weighted by Gasteiger charge is -2.41. The third-order valence-electron chi connectivity index (χ3n) is 6.88. The highest BCUT2D eigenvalue weighted by atomic mass is 32.2. The number of benzene rings is 1. The quantitative estimate of drug-likeness (QED) is 0.802. The molecule has 6 heteroatoms. The van der Waals surface area contributed by atoms with E-state index < -0.39 is 26.1 Å². The molecule has 0 bridgehead atoms. The normalized spacial score (nSPS) is 28.5. The first-order chi connectivity index (χ1) is 13.3. The molecule has 1 aromatic carbocycles. The maximum Gasteiger partial charge on any atom is 0.233 e. The van der Waals surface area contributed by atoms with Gasteiger partial charge in [0.1, 0.15) is 0 Å². The third-order valence-corrected chi connectivity index (χ3v) is 9.26. The Hall–Kier alpha value is -1.40. The summed E-state index contributed by atoms with van der Waals surface area (Å²) in [5.74, 6) is -0.0883. The Morgan fingerprint density at radius 1 is 1.03 bits per heavy atom. The molecule has 1 heterocycles. The second-order valence-corrected chi connectivity index (χ2v) is 12.9. The van der Waals surface area contributed by atoms with Gasteiger partial charge in [-0.15, -0.1) is 0 Å². The van der Waals surface area contributed by atoms with Gasteiger partial charge in [0.05, 0.1) is 22.0 Å². The van der Waals surface area contributed by atoms with Crippen molar-refractivity contribution in [1.29, 1.82) is 0 Å². The summed E-state index contributed by atoms with van der Waals surface area (Å²) in [5.41, 5.74) is 0.547. The SMILES string of the molecule is CC(C)S(=O)(=O)C[C@]1(O)CC[C@]2(CCN(c3ccc(C(C)(C)C)cc3)C2=O)CC1. The van der Waals surface area contributed by atoms with Crippen LogP contribution in [0.15, 0.2) is 24.3 Å². The minimum absolute atomic E-state index is 0.0684. The predicted molar refractivity (Wildman–Crippen MR) is 117 cm³/mol. The van der Waals surface area contributed by atoms with Gasteiger partial charge in [0.2, 0.25) is 5.91 Å². The molecule has 1 saturated carbocycles. The Kier molecular flexibility index (Phi) is 5.67. The van der Waals surface area contributed by atoms with Crippen molar-refractivity contribution in [2.75, 3.05) is 17.2 Å². The Morgan fingerprint density at radius 3 is 2.07 bits per heavy atom. The van der Waals surface area contributed by atoms with E-state index in [0.717, 1.165) is 12.1 Å². The molecule has 0 radical (unpaired) electrons. The summed E-state index contributed by atoms with van der Waals surface area (Å²) in [6.45, 7) is 10.5. The molecular weight excluding hydrogens is 386 g/mol.